The number of alkyl carbamates (subject to hydrolysis) is 1. The Morgan fingerprint density at radius 1 is 1.35 bits per heavy atom. The number of ether oxygens (including phenoxy) is 1. The number of amides is 1. The van der Waals surface area contributed by atoms with E-state index < -0.39 is 23.1 Å². The highest BCUT2D eigenvalue weighted by Gasteiger charge is 2.66. The molecule has 1 aliphatic rings. The summed E-state index contributed by atoms with van der Waals surface area (Å²) in [5.74, 6) is -0.862. The number of rotatable bonds is 3. The third kappa shape index (κ3) is 2.90. The summed E-state index contributed by atoms with van der Waals surface area (Å²) in [6.45, 7) is 9.18. The predicted octanol–water partition coefficient (Wildman–Crippen LogP) is 2.01. The molecule has 0 saturated heterocycles. The van der Waals surface area contributed by atoms with Crippen molar-refractivity contribution in [3.05, 3.63) is 0 Å². The molecule has 0 aliphatic heterocycles. The van der Waals surface area contributed by atoms with E-state index in [-0.39, 0.29) is 12.0 Å². The van der Waals surface area contributed by atoms with Gasteiger partial charge >= 0.3 is 12.1 Å². The average Bonchev–Trinajstić information content (AvgIpc) is 2.63. The standard InChI is InChI=1S/C12H21NO4/c1-10(2,3)17-9(16)13-7-12(8(14)15)6-11(12,4)5/h6-7H2,1-5H3,(H,13,16)(H,14,15)/t12-/m0/s1. The van der Waals surface area contributed by atoms with Crippen LogP contribution in [0.15, 0.2) is 0 Å². The summed E-state index contributed by atoms with van der Waals surface area (Å²) in [6, 6.07) is 0. The van der Waals surface area contributed by atoms with Crippen LogP contribution < -0.4 is 5.32 Å². The molecule has 17 heavy (non-hydrogen) atoms. The molecule has 1 saturated carbocycles. The maximum atomic E-state index is 11.4. The van der Waals surface area contributed by atoms with Gasteiger partial charge in [-0.2, -0.15) is 0 Å². The zero-order valence-corrected chi connectivity index (χ0v) is 11.1. The minimum atomic E-state index is -0.862. The molecule has 1 aliphatic carbocycles. The molecule has 0 aromatic rings. The van der Waals surface area contributed by atoms with Gasteiger partial charge in [0.05, 0.1) is 5.41 Å². The summed E-state index contributed by atoms with van der Waals surface area (Å²) >= 11 is 0. The second-order valence-corrected chi connectivity index (χ2v) is 6.30. The fourth-order valence-corrected chi connectivity index (χ4v) is 1.99. The second kappa shape index (κ2) is 3.89. The number of aliphatic carboxylic acids is 1. The van der Waals surface area contributed by atoms with E-state index in [1.807, 2.05) is 13.8 Å². The Labute approximate surface area is 102 Å². The van der Waals surface area contributed by atoms with E-state index in [2.05, 4.69) is 5.32 Å². The highest BCUT2D eigenvalue weighted by Crippen LogP contribution is 2.63. The van der Waals surface area contributed by atoms with Crippen molar-refractivity contribution in [1.82, 2.24) is 5.32 Å². The van der Waals surface area contributed by atoms with Gasteiger partial charge < -0.3 is 15.2 Å². The van der Waals surface area contributed by atoms with Crippen LogP contribution in [0.1, 0.15) is 41.0 Å². The van der Waals surface area contributed by atoms with Crippen LogP contribution in [0.3, 0.4) is 0 Å². The molecule has 5 nitrogen and oxygen atoms in total. The fourth-order valence-electron chi connectivity index (χ4n) is 1.99. The van der Waals surface area contributed by atoms with Gasteiger partial charge in [-0.3, -0.25) is 4.79 Å². The van der Waals surface area contributed by atoms with Gasteiger partial charge in [-0.15, -0.1) is 0 Å². The smallest absolute Gasteiger partial charge is 0.407 e. The minimum absolute atomic E-state index is 0.115. The van der Waals surface area contributed by atoms with Crippen LogP contribution in [0.5, 0.6) is 0 Å². The Kier molecular flexibility index (Phi) is 3.16. The lowest BCUT2D eigenvalue weighted by molar-refractivity contribution is -0.144. The number of hydrogen-bond donors (Lipinski definition) is 2. The molecule has 0 aromatic carbocycles. The molecular weight excluding hydrogens is 222 g/mol. The van der Waals surface area contributed by atoms with Crippen LogP contribution in [-0.4, -0.2) is 29.3 Å². The number of carbonyl (C=O) groups is 2. The SMILES string of the molecule is CC(C)(C)OC(=O)NC[C@]1(C(=O)O)CC1(C)C. The van der Waals surface area contributed by atoms with Crippen molar-refractivity contribution in [2.45, 2.75) is 46.6 Å². The zero-order chi connectivity index (χ0) is 13.5. The van der Waals surface area contributed by atoms with Gasteiger partial charge in [-0.25, -0.2) is 4.79 Å². The van der Waals surface area contributed by atoms with Crippen LogP contribution in [0.2, 0.25) is 0 Å². The lowest BCUT2D eigenvalue weighted by Gasteiger charge is -2.21. The van der Waals surface area contributed by atoms with Crippen LogP contribution in [0, 0.1) is 10.8 Å². The van der Waals surface area contributed by atoms with Crippen LogP contribution in [0.25, 0.3) is 0 Å². The molecule has 0 radical (unpaired) electrons. The second-order valence-electron chi connectivity index (χ2n) is 6.30. The van der Waals surface area contributed by atoms with E-state index in [1.165, 1.54) is 0 Å². The number of carboxylic acids is 1. The molecule has 98 valence electrons. The van der Waals surface area contributed by atoms with Crippen molar-refractivity contribution in [3.63, 3.8) is 0 Å². The molecule has 0 aromatic heterocycles. The molecule has 5 heteroatoms. The van der Waals surface area contributed by atoms with Crippen molar-refractivity contribution < 1.29 is 19.4 Å². The van der Waals surface area contributed by atoms with Crippen molar-refractivity contribution in [1.29, 1.82) is 0 Å². The Morgan fingerprint density at radius 2 is 1.82 bits per heavy atom. The van der Waals surface area contributed by atoms with Crippen molar-refractivity contribution >= 4 is 12.1 Å². The molecule has 0 unspecified atom stereocenters. The van der Waals surface area contributed by atoms with Gasteiger partial charge in [0.25, 0.3) is 0 Å². The molecule has 0 bridgehead atoms. The van der Waals surface area contributed by atoms with Crippen molar-refractivity contribution in [2.24, 2.45) is 10.8 Å². The fraction of sp³-hybridized carbons (Fsp3) is 0.833. The summed E-state index contributed by atoms with van der Waals surface area (Å²) in [7, 11) is 0. The first-order valence-corrected chi connectivity index (χ1v) is 5.70. The molecule has 0 spiro atoms. The molecule has 1 atom stereocenters. The Bertz CT molecular complexity index is 343. The molecule has 2 N–H and O–H groups in total. The van der Waals surface area contributed by atoms with Gasteiger partial charge in [0, 0.05) is 6.54 Å². The molecular formula is C12H21NO4. The highest BCUT2D eigenvalue weighted by atomic mass is 16.6. The number of carboxylic acid groups (broad SMARTS) is 1. The molecule has 1 rings (SSSR count). The van der Waals surface area contributed by atoms with Gasteiger partial charge in [-0.05, 0) is 32.6 Å². The summed E-state index contributed by atoms with van der Waals surface area (Å²) < 4.78 is 5.07. The Morgan fingerprint density at radius 3 is 2.12 bits per heavy atom. The summed E-state index contributed by atoms with van der Waals surface area (Å²) in [5, 5.41) is 11.7. The van der Waals surface area contributed by atoms with Crippen molar-refractivity contribution in [3.8, 4) is 0 Å². The van der Waals surface area contributed by atoms with E-state index in [1.54, 1.807) is 20.8 Å². The summed E-state index contributed by atoms with van der Waals surface area (Å²) in [5.41, 5.74) is -1.68. The number of nitrogens with one attached hydrogen (secondary N) is 1. The average molecular weight is 243 g/mol. The van der Waals surface area contributed by atoms with Gasteiger partial charge in [0.2, 0.25) is 0 Å². The highest BCUT2D eigenvalue weighted by molar-refractivity contribution is 5.81. The first-order chi connectivity index (χ1) is 7.50. The zero-order valence-electron chi connectivity index (χ0n) is 11.1. The maximum absolute atomic E-state index is 11.4. The topological polar surface area (TPSA) is 75.6 Å². The lowest BCUT2D eigenvalue weighted by atomic mass is 9.96. The number of carbonyl (C=O) groups excluding carboxylic acids is 1. The summed E-state index contributed by atoms with van der Waals surface area (Å²) in [6.07, 6.45) is 0.00585. The number of hydrogen-bond acceptors (Lipinski definition) is 3. The lowest BCUT2D eigenvalue weighted by Crippen LogP contribution is -2.39. The molecule has 1 fully saturated rings. The van der Waals surface area contributed by atoms with Gasteiger partial charge in [-0.1, -0.05) is 13.8 Å². The molecule has 0 heterocycles. The van der Waals surface area contributed by atoms with Gasteiger partial charge in [0.15, 0.2) is 0 Å². The van der Waals surface area contributed by atoms with Gasteiger partial charge in [0.1, 0.15) is 5.60 Å². The van der Waals surface area contributed by atoms with E-state index in [0.29, 0.717) is 6.42 Å². The quantitative estimate of drug-likeness (QED) is 0.795. The van der Waals surface area contributed by atoms with Crippen molar-refractivity contribution in [2.75, 3.05) is 6.54 Å². The summed E-state index contributed by atoms with van der Waals surface area (Å²) in [4.78, 5) is 22.6. The Hall–Kier alpha value is -1.26. The third-order valence-corrected chi connectivity index (χ3v) is 3.26. The van der Waals surface area contributed by atoms with Crippen LogP contribution >= 0.6 is 0 Å². The van der Waals surface area contributed by atoms with E-state index in [9.17, 15) is 14.7 Å². The predicted molar refractivity (Wildman–Crippen MR) is 62.7 cm³/mol. The van der Waals surface area contributed by atoms with E-state index in [4.69, 9.17) is 4.74 Å². The van der Waals surface area contributed by atoms with E-state index in [0.717, 1.165) is 0 Å². The first kappa shape index (κ1) is 13.8. The largest absolute Gasteiger partial charge is 0.481 e. The monoisotopic (exact) mass is 243 g/mol. The normalized spacial score (nSPS) is 26.2. The third-order valence-electron chi connectivity index (χ3n) is 3.26. The minimum Gasteiger partial charge on any atom is -0.481 e. The first-order valence-electron chi connectivity index (χ1n) is 5.70. The van der Waals surface area contributed by atoms with Crippen LogP contribution in [-0.2, 0) is 9.53 Å². The van der Waals surface area contributed by atoms with E-state index >= 15 is 0 Å². The maximum Gasteiger partial charge on any atom is 0.407 e. The molecule has 1 amide bonds. The van der Waals surface area contributed by atoms with Crippen LogP contribution in [0.4, 0.5) is 4.79 Å². The Balaban J connectivity index is 2.51.